The summed E-state index contributed by atoms with van der Waals surface area (Å²) < 4.78 is 15.0. The van der Waals surface area contributed by atoms with Gasteiger partial charge in [-0.05, 0) is 35.7 Å². The smallest absolute Gasteiger partial charge is 0.127 e. The van der Waals surface area contributed by atoms with E-state index in [9.17, 15) is 9.50 Å². The summed E-state index contributed by atoms with van der Waals surface area (Å²) in [5.74, 6) is -0.370. The summed E-state index contributed by atoms with van der Waals surface area (Å²) in [6, 6.07) is 11.9. The number of aliphatic hydroxyl groups excluding tert-OH is 1. The fourth-order valence-electron chi connectivity index (χ4n) is 2.40. The number of aliphatic hydroxyl groups is 1. The second-order valence-electron chi connectivity index (χ2n) is 5.03. The standard InChI is InChI=1S/C16H16BrClFNO/c17-12-6-5-11(14(18)7-12)8-16(9-20,10-21)13-3-1-2-4-15(13)19/h1-7,21H,8-10,20H2. The van der Waals surface area contributed by atoms with E-state index in [1.165, 1.54) is 6.07 Å². The molecule has 1 atom stereocenters. The van der Waals surface area contributed by atoms with E-state index < -0.39 is 5.41 Å². The fraction of sp³-hybridized carbons (Fsp3) is 0.250. The molecule has 21 heavy (non-hydrogen) atoms. The monoisotopic (exact) mass is 371 g/mol. The van der Waals surface area contributed by atoms with Crippen molar-refractivity contribution in [2.45, 2.75) is 11.8 Å². The van der Waals surface area contributed by atoms with E-state index in [-0.39, 0.29) is 19.0 Å². The van der Waals surface area contributed by atoms with Gasteiger partial charge in [0.1, 0.15) is 5.82 Å². The highest BCUT2D eigenvalue weighted by atomic mass is 79.9. The Kier molecular flexibility index (Phi) is 5.38. The van der Waals surface area contributed by atoms with Gasteiger partial charge in [0.05, 0.1) is 6.61 Å². The van der Waals surface area contributed by atoms with Gasteiger partial charge in [0.25, 0.3) is 0 Å². The van der Waals surface area contributed by atoms with Gasteiger partial charge in [-0.25, -0.2) is 4.39 Å². The topological polar surface area (TPSA) is 46.2 Å². The zero-order valence-electron chi connectivity index (χ0n) is 11.3. The van der Waals surface area contributed by atoms with E-state index in [1.807, 2.05) is 12.1 Å². The van der Waals surface area contributed by atoms with Gasteiger partial charge in [0, 0.05) is 21.5 Å². The normalized spacial score (nSPS) is 14.0. The molecule has 1 unspecified atom stereocenters. The number of benzene rings is 2. The summed E-state index contributed by atoms with van der Waals surface area (Å²) in [5, 5.41) is 10.4. The number of hydrogen-bond donors (Lipinski definition) is 2. The van der Waals surface area contributed by atoms with Crippen LogP contribution in [-0.4, -0.2) is 18.3 Å². The third-order valence-electron chi connectivity index (χ3n) is 3.68. The largest absolute Gasteiger partial charge is 0.395 e. The summed E-state index contributed by atoms with van der Waals surface area (Å²) in [6.07, 6.45) is 0.368. The molecule has 0 aliphatic heterocycles. The number of rotatable bonds is 5. The lowest BCUT2D eigenvalue weighted by Crippen LogP contribution is -2.41. The maximum Gasteiger partial charge on any atom is 0.127 e. The summed E-state index contributed by atoms with van der Waals surface area (Å²) in [6.45, 7) is -0.131. The first-order chi connectivity index (χ1) is 10.0. The van der Waals surface area contributed by atoms with Crippen molar-refractivity contribution in [3.63, 3.8) is 0 Å². The van der Waals surface area contributed by atoms with E-state index in [1.54, 1.807) is 24.3 Å². The lowest BCUT2D eigenvalue weighted by molar-refractivity contribution is 0.192. The van der Waals surface area contributed by atoms with Gasteiger partial charge in [-0.3, -0.25) is 0 Å². The highest BCUT2D eigenvalue weighted by Gasteiger charge is 2.33. The Balaban J connectivity index is 2.46. The third-order valence-corrected chi connectivity index (χ3v) is 4.53. The minimum atomic E-state index is -0.886. The van der Waals surface area contributed by atoms with Gasteiger partial charge >= 0.3 is 0 Å². The molecule has 0 radical (unpaired) electrons. The molecule has 112 valence electrons. The zero-order valence-corrected chi connectivity index (χ0v) is 13.7. The molecule has 3 N–H and O–H groups in total. The predicted molar refractivity (Wildman–Crippen MR) is 87.1 cm³/mol. The van der Waals surface area contributed by atoms with Crippen molar-refractivity contribution in [2.75, 3.05) is 13.2 Å². The van der Waals surface area contributed by atoms with Crippen molar-refractivity contribution in [3.05, 3.63) is 68.9 Å². The van der Waals surface area contributed by atoms with Crippen LogP contribution < -0.4 is 5.73 Å². The summed E-state index contributed by atoms with van der Waals surface area (Å²) in [4.78, 5) is 0. The average molecular weight is 373 g/mol. The summed E-state index contributed by atoms with van der Waals surface area (Å²) >= 11 is 9.58. The molecule has 0 saturated heterocycles. The molecule has 0 heterocycles. The highest BCUT2D eigenvalue weighted by molar-refractivity contribution is 9.10. The van der Waals surface area contributed by atoms with E-state index in [4.69, 9.17) is 17.3 Å². The maximum atomic E-state index is 14.1. The molecule has 0 amide bonds. The third kappa shape index (κ3) is 3.46. The second-order valence-corrected chi connectivity index (χ2v) is 6.36. The fourth-order valence-corrected chi connectivity index (χ4v) is 3.14. The van der Waals surface area contributed by atoms with Gasteiger partial charge in [-0.15, -0.1) is 0 Å². The van der Waals surface area contributed by atoms with Crippen molar-refractivity contribution >= 4 is 27.5 Å². The first-order valence-electron chi connectivity index (χ1n) is 6.52. The Morgan fingerprint density at radius 1 is 1.24 bits per heavy atom. The Bertz CT molecular complexity index is 631. The zero-order chi connectivity index (χ0) is 15.5. The van der Waals surface area contributed by atoms with Crippen LogP contribution in [0.4, 0.5) is 4.39 Å². The molecular weight excluding hydrogens is 357 g/mol. The molecule has 0 aliphatic carbocycles. The SMILES string of the molecule is NCC(CO)(Cc1ccc(Br)cc1Cl)c1ccccc1F. The van der Waals surface area contributed by atoms with E-state index in [2.05, 4.69) is 15.9 Å². The lowest BCUT2D eigenvalue weighted by Gasteiger charge is -2.32. The Morgan fingerprint density at radius 3 is 2.52 bits per heavy atom. The molecule has 0 aliphatic rings. The first kappa shape index (κ1) is 16.4. The van der Waals surface area contributed by atoms with E-state index in [0.29, 0.717) is 17.0 Å². The van der Waals surface area contributed by atoms with Crippen LogP contribution in [0.3, 0.4) is 0 Å². The first-order valence-corrected chi connectivity index (χ1v) is 7.69. The molecule has 2 nitrogen and oxygen atoms in total. The molecule has 2 rings (SSSR count). The van der Waals surface area contributed by atoms with Crippen molar-refractivity contribution in [1.82, 2.24) is 0 Å². The van der Waals surface area contributed by atoms with Crippen LogP contribution in [-0.2, 0) is 11.8 Å². The van der Waals surface area contributed by atoms with Crippen LogP contribution >= 0.6 is 27.5 Å². The van der Waals surface area contributed by atoms with E-state index >= 15 is 0 Å². The van der Waals surface area contributed by atoms with Crippen molar-refractivity contribution in [1.29, 1.82) is 0 Å². The Morgan fingerprint density at radius 2 is 1.95 bits per heavy atom. The number of halogens is 3. The molecule has 2 aromatic carbocycles. The predicted octanol–water partition coefficient (Wildman–Crippen LogP) is 3.67. The quantitative estimate of drug-likeness (QED) is 0.841. The molecule has 0 spiro atoms. The summed E-state index contributed by atoms with van der Waals surface area (Å²) in [7, 11) is 0. The van der Waals surface area contributed by atoms with Gasteiger partial charge < -0.3 is 10.8 Å². The molecule has 0 saturated carbocycles. The molecule has 0 bridgehead atoms. The van der Waals surface area contributed by atoms with Gasteiger partial charge in [-0.1, -0.05) is 51.8 Å². The van der Waals surface area contributed by atoms with Crippen LogP contribution in [0.25, 0.3) is 0 Å². The van der Waals surface area contributed by atoms with Crippen LogP contribution in [0, 0.1) is 5.82 Å². The maximum absolute atomic E-state index is 14.1. The Labute approximate surface area is 136 Å². The van der Waals surface area contributed by atoms with Crippen LogP contribution in [0.2, 0.25) is 5.02 Å². The minimum Gasteiger partial charge on any atom is -0.395 e. The number of hydrogen-bond acceptors (Lipinski definition) is 2. The number of nitrogens with two attached hydrogens (primary N) is 1. The average Bonchev–Trinajstić information content (AvgIpc) is 2.48. The molecule has 0 aromatic heterocycles. The van der Waals surface area contributed by atoms with Crippen molar-refractivity contribution < 1.29 is 9.50 Å². The van der Waals surface area contributed by atoms with Crippen molar-refractivity contribution in [3.8, 4) is 0 Å². The lowest BCUT2D eigenvalue weighted by atomic mass is 9.76. The molecule has 0 fully saturated rings. The van der Waals surface area contributed by atoms with Crippen LogP contribution in [0.1, 0.15) is 11.1 Å². The van der Waals surface area contributed by atoms with Crippen molar-refractivity contribution in [2.24, 2.45) is 5.73 Å². The van der Waals surface area contributed by atoms with E-state index in [0.717, 1.165) is 10.0 Å². The van der Waals surface area contributed by atoms with Crippen LogP contribution in [0.5, 0.6) is 0 Å². The highest BCUT2D eigenvalue weighted by Crippen LogP contribution is 2.32. The molecule has 5 heteroatoms. The van der Waals surface area contributed by atoms with Gasteiger partial charge in [-0.2, -0.15) is 0 Å². The molecular formula is C16H16BrClFNO. The van der Waals surface area contributed by atoms with Gasteiger partial charge in [0.2, 0.25) is 0 Å². The second kappa shape index (κ2) is 6.88. The van der Waals surface area contributed by atoms with Crippen LogP contribution in [0.15, 0.2) is 46.9 Å². The summed E-state index contributed by atoms with van der Waals surface area (Å²) in [5.41, 5.74) is 6.21. The minimum absolute atomic E-state index is 0.122. The van der Waals surface area contributed by atoms with Gasteiger partial charge in [0.15, 0.2) is 0 Å². The Hall–Kier alpha value is -0.940. The molecule has 2 aromatic rings.